The topological polar surface area (TPSA) is 107 Å². The molecular weight excluding hydrogens is 459 g/mol. The molecule has 0 spiro atoms. The average Bonchev–Trinajstić information content (AvgIpc) is 3.03. The van der Waals surface area contributed by atoms with Gasteiger partial charge in [-0.1, -0.05) is 6.07 Å². The van der Waals surface area contributed by atoms with Gasteiger partial charge >= 0.3 is 6.18 Å². The fraction of sp³-hybridized carbons (Fsp3) is 0.263. The molecule has 7 nitrogen and oxygen atoms in total. The number of halogens is 5. The maximum atomic E-state index is 15.1. The van der Waals surface area contributed by atoms with E-state index in [0.29, 0.717) is 6.07 Å². The molecule has 1 amide bonds. The summed E-state index contributed by atoms with van der Waals surface area (Å²) in [7, 11) is -3.70. The highest BCUT2D eigenvalue weighted by atomic mass is 32.2. The number of carbonyl (C=O) groups is 1. The number of benzene rings is 2. The number of sulfonamides is 1. The van der Waals surface area contributed by atoms with Crippen LogP contribution in [0.5, 0.6) is 0 Å². The number of anilines is 1. The normalized spacial score (nSPS) is 12.3. The largest absolute Gasteiger partial charge is 0.422 e. The smallest absolute Gasteiger partial charge is 0.370 e. The van der Waals surface area contributed by atoms with Gasteiger partial charge in [0.25, 0.3) is 0 Å². The zero-order valence-corrected chi connectivity index (χ0v) is 17.3. The van der Waals surface area contributed by atoms with E-state index in [2.05, 4.69) is 9.82 Å². The van der Waals surface area contributed by atoms with Gasteiger partial charge in [0.15, 0.2) is 5.82 Å². The number of nitrogens with one attached hydrogen (secondary N) is 1. The van der Waals surface area contributed by atoms with Crippen LogP contribution in [0.4, 0.5) is 27.6 Å². The third kappa shape index (κ3) is 4.82. The predicted molar refractivity (Wildman–Crippen MR) is 107 cm³/mol. The molecular formula is C19H17F5N4O3S. The molecule has 0 radical (unpaired) electrons. The van der Waals surface area contributed by atoms with Gasteiger partial charge in [-0.05, 0) is 36.6 Å². The van der Waals surface area contributed by atoms with E-state index in [1.807, 2.05) is 0 Å². The van der Waals surface area contributed by atoms with Gasteiger partial charge in [0, 0.05) is 11.8 Å². The Bertz CT molecular complexity index is 1300. The molecule has 0 aliphatic carbocycles. The van der Waals surface area contributed by atoms with E-state index in [-0.39, 0.29) is 41.4 Å². The van der Waals surface area contributed by atoms with Crippen LogP contribution in [0, 0.1) is 11.6 Å². The first-order valence-corrected chi connectivity index (χ1v) is 11.0. The summed E-state index contributed by atoms with van der Waals surface area (Å²) in [5, 5.41) is 4.11. The fourth-order valence-corrected chi connectivity index (χ4v) is 3.89. The first kappa shape index (κ1) is 23.4. The Kier molecular flexibility index (Phi) is 6.13. The lowest BCUT2D eigenvalue weighted by molar-refractivity contribution is -0.142. The number of aryl methyl sites for hydroxylation is 1. The Morgan fingerprint density at radius 2 is 1.94 bits per heavy atom. The van der Waals surface area contributed by atoms with Crippen molar-refractivity contribution in [2.75, 3.05) is 11.0 Å². The van der Waals surface area contributed by atoms with Crippen molar-refractivity contribution in [2.24, 2.45) is 5.73 Å². The number of fused-ring (bicyclic) bond motifs is 1. The Balaban J connectivity index is 2.26. The molecule has 3 N–H and O–H groups in total. The number of amides is 1. The maximum Gasteiger partial charge on any atom is 0.422 e. The minimum Gasteiger partial charge on any atom is -0.370 e. The van der Waals surface area contributed by atoms with Crippen LogP contribution in [0.15, 0.2) is 30.5 Å². The lowest BCUT2D eigenvalue weighted by Crippen LogP contribution is -2.17. The van der Waals surface area contributed by atoms with Crippen LogP contribution < -0.4 is 10.5 Å². The van der Waals surface area contributed by atoms with Crippen molar-refractivity contribution in [2.45, 2.75) is 25.4 Å². The molecule has 2 aromatic carbocycles. The summed E-state index contributed by atoms with van der Waals surface area (Å²) >= 11 is 0. The molecule has 0 fully saturated rings. The molecule has 13 heteroatoms. The summed E-state index contributed by atoms with van der Waals surface area (Å²) in [5.74, 6) is -4.36. The van der Waals surface area contributed by atoms with Crippen molar-refractivity contribution in [3.05, 3.63) is 53.2 Å². The highest BCUT2D eigenvalue weighted by Gasteiger charge is 2.40. The molecule has 0 aliphatic heterocycles. The number of hydrogen-bond acceptors (Lipinski definition) is 4. The minimum atomic E-state index is -5.32. The highest BCUT2D eigenvalue weighted by molar-refractivity contribution is 7.92. The van der Waals surface area contributed by atoms with Crippen LogP contribution in [0.1, 0.15) is 24.0 Å². The van der Waals surface area contributed by atoms with Crippen LogP contribution >= 0.6 is 0 Å². The van der Waals surface area contributed by atoms with Crippen LogP contribution in [-0.4, -0.2) is 30.4 Å². The highest BCUT2D eigenvalue weighted by Crippen LogP contribution is 2.38. The molecule has 0 aliphatic rings. The summed E-state index contributed by atoms with van der Waals surface area (Å²) in [6.45, 7) is 0. The summed E-state index contributed by atoms with van der Waals surface area (Å²) in [6.07, 6.45) is -3.54. The zero-order valence-electron chi connectivity index (χ0n) is 16.5. The number of carbonyl (C=O) groups excluding carboxylic acids is 1. The second kappa shape index (κ2) is 8.37. The lowest BCUT2D eigenvalue weighted by atomic mass is 10.0. The Labute approximate surface area is 179 Å². The van der Waals surface area contributed by atoms with E-state index >= 15 is 4.39 Å². The summed E-state index contributed by atoms with van der Waals surface area (Å²) in [6, 6.07) is 4.73. The number of rotatable bonds is 7. The van der Waals surface area contributed by atoms with Crippen LogP contribution in [0.2, 0.25) is 0 Å². The van der Waals surface area contributed by atoms with Crippen molar-refractivity contribution in [3.8, 4) is 5.69 Å². The molecule has 0 bridgehead atoms. The number of primary amides is 1. The summed E-state index contributed by atoms with van der Waals surface area (Å²) < 4.78 is 95.6. The van der Waals surface area contributed by atoms with E-state index in [1.165, 1.54) is 18.2 Å². The van der Waals surface area contributed by atoms with Gasteiger partial charge < -0.3 is 5.73 Å². The molecule has 0 atom stereocenters. The number of alkyl halides is 3. The average molecular weight is 476 g/mol. The molecule has 3 rings (SSSR count). The van der Waals surface area contributed by atoms with Gasteiger partial charge in [0.05, 0.1) is 23.7 Å². The van der Waals surface area contributed by atoms with Gasteiger partial charge in [-0.25, -0.2) is 21.9 Å². The number of aromatic nitrogens is 2. The van der Waals surface area contributed by atoms with Gasteiger partial charge in [-0.2, -0.15) is 18.3 Å². The van der Waals surface area contributed by atoms with Crippen molar-refractivity contribution in [1.82, 2.24) is 9.78 Å². The monoisotopic (exact) mass is 476 g/mol. The number of nitrogens with two attached hydrogens (primary N) is 1. The Morgan fingerprint density at radius 3 is 2.53 bits per heavy atom. The number of nitrogens with zero attached hydrogens (tertiary/aromatic N) is 2. The minimum absolute atomic E-state index is 0.0344. The molecule has 0 saturated carbocycles. The summed E-state index contributed by atoms with van der Waals surface area (Å²) in [5.41, 5.74) is 2.31. The fourth-order valence-electron chi connectivity index (χ4n) is 3.31. The molecule has 0 saturated heterocycles. The second-order valence-corrected chi connectivity index (χ2v) is 8.79. The van der Waals surface area contributed by atoms with E-state index in [4.69, 9.17) is 5.73 Å². The molecule has 1 heterocycles. The van der Waals surface area contributed by atoms with E-state index in [0.717, 1.165) is 17.1 Å². The maximum absolute atomic E-state index is 15.1. The van der Waals surface area contributed by atoms with Gasteiger partial charge in [0.2, 0.25) is 15.9 Å². The van der Waals surface area contributed by atoms with Gasteiger partial charge in [-0.3, -0.25) is 9.52 Å². The quantitative estimate of drug-likeness (QED) is 0.509. The molecule has 32 heavy (non-hydrogen) atoms. The van der Waals surface area contributed by atoms with Crippen LogP contribution in [0.25, 0.3) is 16.6 Å². The Morgan fingerprint density at radius 1 is 1.25 bits per heavy atom. The van der Waals surface area contributed by atoms with Gasteiger partial charge in [-0.15, -0.1) is 0 Å². The van der Waals surface area contributed by atoms with E-state index < -0.39 is 45.0 Å². The second-order valence-electron chi connectivity index (χ2n) is 7.04. The van der Waals surface area contributed by atoms with Crippen molar-refractivity contribution < 1.29 is 35.2 Å². The van der Waals surface area contributed by atoms with Crippen molar-refractivity contribution >= 4 is 32.5 Å². The Hall–Kier alpha value is -3.22. The summed E-state index contributed by atoms with van der Waals surface area (Å²) in [4.78, 5) is 11.0. The van der Waals surface area contributed by atoms with Crippen molar-refractivity contribution in [1.29, 1.82) is 0 Å². The first-order valence-electron chi connectivity index (χ1n) is 9.11. The van der Waals surface area contributed by atoms with Crippen molar-refractivity contribution in [3.63, 3.8) is 0 Å². The molecule has 0 unspecified atom stereocenters. The molecule has 1 aromatic heterocycles. The zero-order chi connectivity index (χ0) is 23.8. The number of hydrogen-bond donors (Lipinski definition) is 2. The van der Waals surface area contributed by atoms with Gasteiger partial charge in [0.1, 0.15) is 17.1 Å². The SMILES string of the molecule is CS(=O)(=O)Nc1cccc2c1cnn2-c1c(CCCC(N)=O)cc(F)c(C(F)(F)F)c1F. The molecule has 172 valence electrons. The first-order chi connectivity index (χ1) is 14.8. The predicted octanol–water partition coefficient (Wildman–Crippen LogP) is 3.50. The van der Waals surface area contributed by atoms with E-state index in [9.17, 15) is 30.8 Å². The van der Waals surface area contributed by atoms with E-state index in [1.54, 1.807) is 0 Å². The third-order valence-corrected chi connectivity index (χ3v) is 5.14. The van der Waals surface area contributed by atoms with Crippen LogP contribution in [0.3, 0.4) is 0 Å². The van der Waals surface area contributed by atoms with Crippen LogP contribution in [-0.2, 0) is 27.4 Å². The lowest BCUT2D eigenvalue weighted by Gasteiger charge is -2.17. The molecule has 3 aromatic rings. The third-order valence-electron chi connectivity index (χ3n) is 4.54. The standard InChI is InChI=1S/C19H17F5N4O3S/c1-32(30,31)27-13-5-3-6-14-11(13)9-26-28(14)18-10(4-2-7-15(25)29)8-12(20)16(17(18)21)19(22,23)24/h3,5-6,8-9,27H,2,4,7H2,1H3,(H2,25,29).